The van der Waals surface area contributed by atoms with E-state index in [1.54, 1.807) is 0 Å². The van der Waals surface area contributed by atoms with Gasteiger partial charge in [0, 0.05) is 32.2 Å². The Hall–Kier alpha value is -3.78. The van der Waals surface area contributed by atoms with E-state index in [0.717, 1.165) is 44.8 Å². The third-order valence-corrected chi connectivity index (χ3v) is 9.04. The Morgan fingerprint density at radius 1 is 0.543 bits per heavy atom. The first kappa shape index (κ1) is 20.6. The van der Waals surface area contributed by atoms with Gasteiger partial charge in [0.1, 0.15) is 0 Å². The summed E-state index contributed by atoms with van der Waals surface area (Å²) in [4.78, 5) is 16.0. The van der Waals surface area contributed by atoms with Crippen LogP contribution in [-0.4, -0.2) is 19.9 Å². The number of rotatable bonds is 0. The van der Waals surface area contributed by atoms with Gasteiger partial charge in [-0.3, -0.25) is 0 Å². The number of hydrogen-bond donors (Lipinski definition) is 2. The first-order valence-corrected chi connectivity index (χ1v) is 13.7. The van der Waals surface area contributed by atoms with Crippen LogP contribution in [0.25, 0.3) is 65.2 Å². The Morgan fingerprint density at radius 3 is 1.71 bits per heavy atom. The Morgan fingerprint density at radius 2 is 1.09 bits per heavy atom. The monoisotopic (exact) mass is 506 g/mol. The maximum absolute atomic E-state index is 4.62. The predicted molar refractivity (Wildman–Crippen MR) is 154 cm³/mol. The zero-order chi connectivity index (χ0) is 23.2. The molecule has 0 saturated heterocycles. The number of H-pyrrole nitrogens is 2. The third kappa shape index (κ3) is 4.14. The lowest BCUT2D eigenvalue weighted by Gasteiger charge is -1.86. The van der Waals surface area contributed by atoms with Gasteiger partial charge in [0.05, 0.1) is 31.5 Å². The minimum atomic E-state index is 0.915. The Labute approximate surface area is 212 Å². The van der Waals surface area contributed by atoms with Crippen molar-refractivity contribution in [2.75, 3.05) is 0 Å². The molecule has 2 aliphatic rings. The maximum Gasteiger partial charge on any atom is 0.0885 e. The molecule has 4 nitrogen and oxygen atoms in total. The molecule has 0 aliphatic carbocycles. The van der Waals surface area contributed by atoms with Gasteiger partial charge in [-0.15, -0.1) is 34.0 Å². The molecule has 0 aromatic carbocycles. The van der Waals surface area contributed by atoms with E-state index in [9.17, 15) is 0 Å². The molecule has 8 rings (SSSR count). The molecule has 6 aromatic heterocycles. The van der Waals surface area contributed by atoms with Crippen molar-refractivity contribution in [1.82, 2.24) is 19.9 Å². The molecule has 6 aromatic rings. The molecule has 0 radical (unpaired) electrons. The molecular formula is C28H18N4S3. The number of aromatic amines is 2. The quantitative estimate of drug-likeness (QED) is 0.216. The van der Waals surface area contributed by atoms with Crippen molar-refractivity contribution in [3.05, 3.63) is 94.2 Å². The van der Waals surface area contributed by atoms with Crippen LogP contribution >= 0.6 is 34.0 Å². The lowest BCUT2D eigenvalue weighted by molar-refractivity contribution is 1.28. The number of hydrogen-bond acceptors (Lipinski definition) is 5. The van der Waals surface area contributed by atoms with E-state index in [1.807, 2.05) is 76.5 Å². The van der Waals surface area contributed by atoms with Crippen molar-refractivity contribution in [2.24, 2.45) is 0 Å². The predicted octanol–water partition coefficient (Wildman–Crippen LogP) is 8.83. The lowest BCUT2D eigenvalue weighted by atomic mass is 10.3. The minimum absolute atomic E-state index is 0.915. The van der Waals surface area contributed by atoms with E-state index in [-0.39, 0.29) is 0 Å². The summed E-state index contributed by atoms with van der Waals surface area (Å²) in [6.07, 6.45) is 8.05. The highest BCUT2D eigenvalue weighted by molar-refractivity contribution is 7.43. The maximum atomic E-state index is 4.62. The van der Waals surface area contributed by atoms with Crippen LogP contribution in [0.4, 0.5) is 0 Å². The van der Waals surface area contributed by atoms with Crippen LogP contribution in [0, 0.1) is 0 Å². The van der Waals surface area contributed by atoms with Gasteiger partial charge < -0.3 is 9.97 Å². The summed E-state index contributed by atoms with van der Waals surface area (Å²) in [5.74, 6) is 0. The third-order valence-electron chi connectivity index (χ3n) is 5.75. The number of nitrogens with one attached hydrogen (secondary N) is 2. The summed E-state index contributed by atoms with van der Waals surface area (Å²) in [6, 6.07) is 20.8. The van der Waals surface area contributed by atoms with Crippen molar-refractivity contribution in [3.8, 4) is 0 Å². The first-order valence-electron chi connectivity index (χ1n) is 11.1. The fourth-order valence-electron chi connectivity index (χ4n) is 4.16. The standard InChI is InChI=1S/C20H14N4.C8H4S3/c1-2-14-10-16-5-6-18(23-16)12-20-8-7-19(24-20)11-17-4-3-15(22-17)9-13(1)21-14;1-3-10-8-5(1)7-6(11-8)2-4-9-7/h1-12,21-22H;1-4H. The van der Waals surface area contributed by atoms with Crippen LogP contribution in [0.15, 0.2) is 71.4 Å². The molecule has 35 heavy (non-hydrogen) atoms. The number of fused-ring (bicyclic) bond motifs is 11. The van der Waals surface area contributed by atoms with Crippen molar-refractivity contribution >= 4 is 99.2 Å². The van der Waals surface area contributed by atoms with Crippen LogP contribution < -0.4 is 0 Å². The van der Waals surface area contributed by atoms with Crippen molar-refractivity contribution in [3.63, 3.8) is 0 Å². The van der Waals surface area contributed by atoms with Gasteiger partial charge in [0.15, 0.2) is 0 Å². The van der Waals surface area contributed by atoms with E-state index in [0.29, 0.717) is 0 Å². The molecule has 2 aliphatic heterocycles. The molecule has 168 valence electrons. The fourth-order valence-corrected chi connectivity index (χ4v) is 7.54. The van der Waals surface area contributed by atoms with Gasteiger partial charge in [-0.25, -0.2) is 9.97 Å². The number of nitrogens with zero attached hydrogens (tertiary/aromatic N) is 2. The second-order valence-corrected chi connectivity index (χ2v) is 11.4. The lowest BCUT2D eigenvalue weighted by Crippen LogP contribution is -1.77. The van der Waals surface area contributed by atoms with Crippen LogP contribution in [0.1, 0.15) is 22.8 Å². The van der Waals surface area contributed by atoms with E-state index >= 15 is 0 Å². The molecule has 8 heterocycles. The SMILES string of the molecule is C1=Cc2cc3ccc(cc4ccc(cc5nc(cc1n2)C=C5)[nH]4)[nH]3.c1cc2c(s1)sc1ccsc12. The van der Waals surface area contributed by atoms with Crippen LogP contribution in [0.5, 0.6) is 0 Å². The highest BCUT2D eigenvalue weighted by Gasteiger charge is 2.05. The summed E-state index contributed by atoms with van der Waals surface area (Å²) >= 11 is 5.59. The zero-order valence-corrected chi connectivity index (χ0v) is 20.8. The van der Waals surface area contributed by atoms with Gasteiger partial charge in [0.25, 0.3) is 0 Å². The number of thiophene rings is 3. The Balaban J connectivity index is 0.000000158. The summed E-state index contributed by atoms with van der Waals surface area (Å²) < 4.78 is 4.37. The van der Waals surface area contributed by atoms with E-state index < -0.39 is 0 Å². The summed E-state index contributed by atoms with van der Waals surface area (Å²) in [5, 5.41) is 5.78. The van der Waals surface area contributed by atoms with E-state index in [1.165, 1.54) is 18.8 Å². The molecule has 0 atom stereocenters. The van der Waals surface area contributed by atoms with Crippen molar-refractivity contribution in [2.45, 2.75) is 0 Å². The molecule has 7 heteroatoms. The molecule has 2 N–H and O–H groups in total. The van der Waals surface area contributed by atoms with Gasteiger partial charge in [-0.1, -0.05) is 0 Å². The van der Waals surface area contributed by atoms with Crippen molar-refractivity contribution < 1.29 is 0 Å². The first-order chi connectivity index (χ1) is 17.2. The number of aromatic nitrogens is 4. The van der Waals surface area contributed by atoms with E-state index in [4.69, 9.17) is 0 Å². The second kappa shape index (κ2) is 8.46. The normalized spacial score (nSPS) is 12.3. The smallest absolute Gasteiger partial charge is 0.0885 e. The fraction of sp³-hybridized carbons (Fsp3) is 0. The molecule has 8 bridgehead atoms. The largest absolute Gasteiger partial charge is 0.355 e. The summed E-state index contributed by atoms with van der Waals surface area (Å²) in [7, 11) is 0. The van der Waals surface area contributed by atoms with Gasteiger partial charge in [-0.2, -0.15) is 0 Å². The van der Waals surface area contributed by atoms with Crippen LogP contribution in [0.3, 0.4) is 0 Å². The second-order valence-electron chi connectivity index (χ2n) is 8.24. The zero-order valence-electron chi connectivity index (χ0n) is 18.4. The molecule has 0 saturated carbocycles. The summed E-state index contributed by atoms with van der Waals surface area (Å²) in [6.45, 7) is 0. The Kier molecular flexibility index (Phi) is 4.98. The molecule has 0 spiro atoms. The Bertz CT molecular complexity index is 1790. The topological polar surface area (TPSA) is 57.4 Å². The van der Waals surface area contributed by atoms with Crippen LogP contribution in [0.2, 0.25) is 0 Å². The summed E-state index contributed by atoms with van der Waals surface area (Å²) in [5.41, 5.74) is 7.86. The molecule has 0 amide bonds. The highest BCUT2D eigenvalue weighted by atomic mass is 32.2. The van der Waals surface area contributed by atoms with Gasteiger partial charge in [-0.05, 0) is 95.7 Å². The van der Waals surface area contributed by atoms with Crippen molar-refractivity contribution in [1.29, 1.82) is 0 Å². The van der Waals surface area contributed by atoms with Gasteiger partial charge in [0.2, 0.25) is 0 Å². The van der Waals surface area contributed by atoms with Gasteiger partial charge >= 0.3 is 0 Å². The average Bonchev–Trinajstić information content (AvgIpc) is 3.65. The van der Waals surface area contributed by atoms with E-state index in [2.05, 4.69) is 73.2 Å². The molecule has 0 fully saturated rings. The molecular weight excluding hydrogens is 489 g/mol. The molecule has 0 unspecified atom stereocenters. The minimum Gasteiger partial charge on any atom is -0.355 e. The average molecular weight is 507 g/mol. The van der Waals surface area contributed by atoms with Crippen LogP contribution in [-0.2, 0) is 0 Å². The highest BCUT2D eigenvalue weighted by Crippen LogP contribution is 2.39.